The minimum Gasteiger partial charge on any atom is -0.208 e. The van der Waals surface area contributed by atoms with Crippen molar-refractivity contribution in [1.82, 2.24) is 4.72 Å². The maximum absolute atomic E-state index is 12.6. The van der Waals surface area contributed by atoms with Crippen LogP contribution in [0.2, 0.25) is 5.02 Å². The van der Waals surface area contributed by atoms with Gasteiger partial charge in [0.05, 0.1) is 16.5 Å². The summed E-state index contributed by atoms with van der Waals surface area (Å²) in [6.45, 7) is 2.21. The summed E-state index contributed by atoms with van der Waals surface area (Å²) in [5, 5.41) is 9.38. The van der Waals surface area contributed by atoms with Crippen molar-refractivity contribution in [2.75, 3.05) is 0 Å². The fraction of sp³-hybridized carbons (Fsp3) is 0.350. The first-order valence-electron chi connectivity index (χ1n) is 8.71. The van der Waals surface area contributed by atoms with Gasteiger partial charge in [-0.15, -0.1) is 0 Å². The van der Waals surface area contributed by atoms with Crippen molar-refractivity contribution in [2.24, 2.45) is 5.92 Å². The van der Waals surface area contributed by atoms with Crippen molar-refractivity contribution in [2.45, 2.75) is 43.5 Å². The van der Waals surface area contributed by atoms with Crippen LogP contribution in [0.1, 0.15) is 38.2 Å². The van der Waals surface area contributed by atoms with Gasteiger partial charge in [-0.05, 0) is 61.4 Å². The molecular formula is C20H21ClN2O2S. The van der Waals surface area contributed by atoms with Gasteiger partial charge >= 0.3 is 0 Å². The van der Waals surface area contributed by atoms with Gasteiger partial charge < -0.3 is 0 Å². The molecule has 0 unspecified atom stereocenters. The second kappa shape index (κ2) is 7.79. The number of nitriles is 1. The van der Waals surface area contributed by atoms with Crippen molar-refractivity contribution in [3.8, 4) is 17.2 Å². The summed E-state index contributed by atoms with van der Waals surface area (Å²) >= 11 is 6.23. The lowest BCUT2D eigenvalue weighted by Crippen LogP contribution is -2.37. The Bertz CT molecular complexity index is 925. The van der Waals surface area contributed by atoms with Gasteiger partial charge in [-0.25, -0.2) is 13.1 Å². The highest BCUT2D eigenvalue weighted by Gasteiger charge is 2.24. The van der Waals surface area contributed by atoms with E-state index in [1.807, 2.05) is 6.07 Å². The smallest absolute Gasteiger partial charge is 0.208 e. The van der Waals surface area contributed by atoms with Gasteiger partial charge in [-0.2, -0.15) is 5.26 Å². The molecule has 0 radical (unpaired) electrons. The van der Waals surface area contributed by atoms with Crippen molar-refractivity contribution < 1.29 is 8.42 Å². The zero-order valence-corrected chi connectivity index (χ0v) is 16.1. The zero-order valence-electron chi connectivity index (χ0n) is 14.6. The first kappa shape index (κ1) is 18.9. The molecule has 2 aromatic carbocycles. The Kier molecular flexibility index (Phi) is 5.67. The molecule has 0 aliphatic heterocycles. The lowest BCUT2D eigenvalue weighted by Gasteiger charge is -2.26. The van der Waals surface area contributed by atoms with Gasteiger partial charge in [0.2, 0.25) is 10.0 Å². The third kappa shape index (κ3) is 4.27. The van der Waals surface area contributed by atoms with E-state index in [1.54, 1.807) is 42.5 Å². The molecule has 1 saturated carbocycles. The molecule has 0 atom stereocenters. The number of rotatable bonds is 4. The number of nitrogens with one attached hydrogen (secondary N) is 1. The van der Waals surface area contributed by atoms with Gasteiger partial charge in [0, 0.05) is 16.6 Å². The number of benzene rings is 2. The van der Waals surface area contributed by atoms with E-state index in [0.29, 0.717) is 16.5 Å². The third-order valence-corrected chi connectivity index (χ3v) is 6.76. The Morgan fingerprint density at radius 3 is 2.31 bits per heavy atom. The average molecular weight is 389 g/mol. The van der Waals surface area contributed by atoms with Crippen LogP contribution in [0.5, 0.6) is 0 Å². The number of nitrogens with zero attached hydrogens (tertiary/aromatic N) is 1. The van der Waals surface area contributed by atoms with Crippen LogP contribution >= 0.6 is 11.6 Å². The molecule has 4 nitrogen and oxygen atoms in total. The molecular weight excluding hydrogens is 368 g/mol. The molecule has 26 heavy (non-hydrogen) atoms. The van der Waals surface area contributed by atoms with Crippen LogP contribution in [0.25, 0.3) is 11.1 Å². The molecule has 136 valence electrons. The third-order valence-electron chi connectivity index (χ3n) is 4.91. The quantitative estimate of drug-likeness (QED) is 0.822. The zero-order chi connectivity index (χ0) is 18.7. The van der Waals surface area contributed by atoms with E-state index in [4.69, 9.17) is 16.9 Å². The monoisotopic (exact) mass is 388 g/mol. The van der Waals surface area contributed by atoms with Gasteiger partial charge in [0.25, 0.3) is 0 Å². The van der Waals surface area contributed by atoms with Crippen molar-refractivity contribution in [3.05, 3.63) is 53.1 Å². The Labute approximate surface area is 159 Å². The van der Waals surface area contributed by atoms with Crippen molar-refractivity contribution >= 4 is 21.6 Å². The van der Waals surface area contributed by atoms with Crippen LogP contribution in [0.4, 0.5) is 0 Å². The van der Waals surface area contributed by atoms with Crippen LogP contribution in [0.3, 0.4) is 0 Å². The Hall–Kier alpha value is -1.87. The highest BCUT2D eigenvalue weighted by molar-refractivity contribution is 7.89. The van der Waals surface area contributed by atoms with E-state index in [2.05, 4.69) is 11.6 Å². The van der Waals surface area contributed by atoms with Crippen molar-refractivity contribution in [1.29, 1.82) is 5.26 Å². The molecule has 6 heteroatoms. The fourth-order valence-corrected chi connectivity index (χ4v) is 4.89. The van der Waals surface area contributed by atoms with Crippen molar-refractivity contribution in [3.63, 3.8) is 0 Å². The highest BCUT2D eigenvalue weighted by atomic mass is 35.5. The lowest BCUT2D eigenvalue weighted by molar-refractivity contribution is 0.332. The molecule has 0 amide bonds. The van der Waals surface area contributed by atoms with E-state index in [1.165, 1.54) is 0 Å². The summed E-state index contributed by atoms with van der Waals surface area (Å²) in [5.41, 5.74) is 2.07. The van der Waals surface area contributed by atoms with E-state index in [-0.39, 0.29) is 10.9 Å². The van der Waals surface area contributed by atoms with Gasteiger partial charge in [-0.3, -0.25) is 0 Å². The molecule has 0 heterocycles. The molecule has 1 aliphatic rings. The molecule has 2 aromatic rings. The minimum atomic E-state index is -3.52. The normalized spacial score (nSPS) is 20.5. The van der Waals surface area contributed by atoms with E-state index in [0.717, 1.165) is 36.8 Å². The average Bonchev–Trinajstić information content (AvgIpc) is 2.63. The van der Waals surface area contributed by atoms with Gasteiger partial charge in [-0.1, -0.05) is 36.7 Å². The first-order valence-corrected chi connectivity index (χ1v) is 10.6. The minimum absolute atomic E-state index is 0.0175. The van der Waals surface area contributed by atoms with Crippen LogP contribution < -0.4 is 4.72 Å². The Morgan fingerprint density at radius 1 is 1.08 bits per heavy atom. The molecule has 1 N–H and O–H groups in total. The SMILES string of the molecule is CC1CCC(NS(=O)(=O)c2ccc(-c3ccc(C#N)cc3Cl)cc2)CC1. The summed E-state index contributed by atoms with van der Waals surface area (Å²) in [4.78, 5) is 0.254. The van der Waals surface area contributed by atoms with Gasteiger partial charge in [0.1, 0.15) is 0 Å². The highest BCUT2D eigenvalue weighted by Crippen LogP contribution is 2.30. The molecule has 3 rings (SSSR count). The molecule has 1 fully saturated rings. The maximum atomic E-state index is 12.6. The molecule has 0 saturated heterocycles. The topological polar surface area (TPSA) is 70.0 Å². The Morgan fingerprint density at radius 2 is 1.73 bits per heavy atom. The summed E-state index contributed by atoms with van der Waals surface area (Å²) in [5.74, 6) is 0.673. The molecule has 0 bridgehead atoms. The second-order valence-electron chi connectivity index (χ2n) is 6.91. The van der Waals surface area contributed by atoms with Crippen LogP contribution in [-0.4, -0.2) is 14.5 Å². The first-order chi connectivity index (χ1) is 12.4. The summed E-state index contributed by atoms with van der Waals surface area (Å²) in [7, 11) is -3.52. The van der Waals surface area contributed by atoms with Gasteiger partial charge in [0.15, 0.2) is 0 Å². The summed E-state index contributed by atoms with van der Waals surface area (Å²) in [6.07, 6.45) is 3.89. The second-order valence-corrected chi connectivity index (χ2v) is 9.03. The molecule has 1 aliphatic carbocycles. The van der Waals surface area contributed by atoms with Crippen LogP contribution in [0.15, 0.2) is 47.4 Å². The summed E-state index contributed by atoms with van der Waals surface area (Å²) in [6, 6.07) is 13.8. The largest absolute Gasteiger partial charge is 0.240 e. The number of hydrogen-bond donors (Lipinski definition) is 1. The van der Waals surface area contributed by atoms with Crippen LogP contribution in [-0.2, 0) is 10.0 Å². The maximum Gasteiger partial charge on any atom is 0.240 e. The predicted octanol–water partition coefficient (Wildman–Crippen LogP) is 4.74. The Balaban J connectivity index is 1.77. The van der Waals surface area contributed by atoms with E-state index >= 15 is 0 Å². The molecule has 0 aromatic heterocycles. The molecule has 0 spiro atoms. The predicted molar refractivity (Wildman–Crippen MR) is 103 cm³/mol. The van der Waals surface area contributed by atoms with E-state index < -0.39 is 10.0 Å². The standard InChI is InChI=1S/C20H21ClN2O2S/c1-14-2-7-17(8-3-14)23-26(24,25)18-9-5-16(6-10-18)19-11-4-15(13-22)12-20(19)21/h4-6,9-12,14,17,23H,2-3,7-8H2,1H3. The summed E-state index contributed by atoms with van der Waals surface area (Å²) < 4.78 is 28.0. The fourth-order valence-electron chi connectivity index (χ4n) is 3.30. The van der Waals surface area contributed by atoms with E-state index in [9.17, 15) is 8.42 Å². The van der Waals surface area contributed by atoms with Crippen LogP contribution in [0, 0.1) is 17.2 Å². The lowest BCUT2D eigenvalue weighted by atomic mass is 9.88. The number of sulfonamides is 1. The number of halogens is 1. The number of hydrogen-bond acceptors (Lipinski definition) is 3.